The summed E-state index contributed by atoms with van der Waals surface area (Å²) >= 11 is 0. The number of phenols is 1. The Hall–Kier alpha value is -2.74. The largest absolute Gasteiger partial charge is 0.508 e. The predicted octanol–water partition coefficient (Wildman–Crippen LogP) is 3.34. The van der Waals surface area contributed by atoms with Crippen molar-refractivity contribution in [3.05, 3.63) is 59.2 Å². The third kappa shape index (κ3) is 4.87. The van der Waals surface area contributed by atoms with Crippen molar-refractivity contribution in [2.24, 2.45) is 0 Å². The Morgan fingerprint density at radius 3 is 2.52 bits per heavy atom. The maximum absolute atomic E-state index is 12.9. The Labute approximate surface area is 141 Å². The first kappa shape index (κ1) is 18.6. The lowest BCUT2D eigenvalue weighted by atomic mass is 10.1. The highest BCUT2D eigenvalue weighted by Crippen LogP contribution is 2.32. The van der Waals surface area contributed by atoms with Crippen molar-refractivity contribution in [1.29, 1.82) is 0 Å². The quantitative estimate of drug-likeness (QED) is 0.741. The number of aliphatic carboxylic acids is 1. The van der Waals surface area contributed by atoms with Crippen LogP contribution in [0.1, 0.15) is 22.7 Å². The minimum Gasteiger partial charge on any atom is -0.508 e. The Kier molecular flexibility index (Phi) is 5.53. The van der Waals surface area contributed by atoms with E-state index >= 15 is 0 Å². The summed E-state index contributed by atoms with van der Waals surface area (Å²) in [5, 5.41) is 21.5. The lowest BCUT2D eigenvalue weighted by Crippen LogP contribution is -2.28. The van der Waals surface area contributed by atoms with Gasteiger partial charge in [0.1, 0.15) is 17.5 Å². The molecule has 2 rings (SSSR count). The van der Waals surface area contributed by atoms with Gasteiger partial charge in [0.2, 0.25) is 0 Å². The highest BCUT2D eigenvalue weighted by Gasteiger charge is 2.31. The fraction of sp³-hybridized carbons (Fsp3) is 0.235. The Morgan fingerprint density at radius 2 is 1.96 bits per heavy atom. The third-order valence-electron chi connectivity index (χ3n) is 3.49. The standard InChI is InChI=1S/C17H16F3NO4/c1-25-14-6-10(5-12(8-14)17(18,19)20)9-21-15(16(23)24)11-3-2-4-13(22)7-11/h2-8,15,21-22H,9H2,1H3,(H,23,24). The number of halogens is 3. The van der Waals surface area contributed by atoms with Gasteiger partial charge in [0, 0.05) is 6.54 Å². The van der Waals surface area contributed by atoms with Crippen LogP contribution in [0.15, 0.2) is 42.5 Å². The van der Waals surface area contributed by atoms with Crippen molar-refractivity contribution < 1.29 is 32.9 Å². The number of hydrogen-bond acceptors (Lipinski definition) is 4. The maximum Gasteiger partial charge on any atom is 0.416 e. The zero-order chi connectivity index (χ0) is 18.6. The van der Waals surface area contributed by atoms with E-state index in [1.54, 1.807) is 0 Å². The van der Waals surface area contributed by atoms with Crippen molar-refractivity contribution in [1.82, 2.24) is 5.32 Å². The first-order valence-corrected chi connectivity index (χ1v) is 7.21. The van der Waals surface area contributed by atoms with Gasteiger partial charge in [0.05, 0.1) is 12.7 Å². The first-order valence-electron chi connectivity index (χ1n) is 7.21. The van der Waals surface area contributed by atoms with Crippen LogP contribution in [0.2, 0.25) is 0 Å². The highest BCUT2D eigenvalue weighted by atomic mass is 19.4. The first-order chi connectivity index (χ1) is 11.7. The van der Waals surface area contributed by atoms with Crippen LogP contribution >= 0.6 is 0 Å². The number of carbonyl (C=O) groups is 1. The molecule has 0 radical (unpaired) electrons. The van der Waals surface area contributed by atoms with Gasteiger partial charge in [-0.05, 0) is 41.5 Å². The molecule has 0 amide bonds. The topological polar surface area (TPSA) is 78.8 Å². The van der Waals surface area contributed by atoms with Gasteiger partial charge in [-0.1, -0.05) is 12.1 Å². The van der Waals surface area contributed by atoms with Gasteiger partial charge in [-0.2, -0.15) is 13.2 Å². The maximum atomic E-state index is 12.9. The fourth-order valence-electron chi connectivity index (χ4n) is 2.32. The van der Waals surface area contributed by atoms with Gasteiger partial charge in [0.15, 0.2) is 0 Å². The molecule has 8 heteroatoms. The number of phenolic OH excluding ortho intramolecular Hbond substituents is 1. The minimum atomic E-state index is -4.54. The summed E-state index contributed by atoms with van der Waals surface area (Å²) in [7, 11) is 1.25. The minimum absolute atomic E-state index is 0.0239. The molecular formula is C17H16F3NO4. The molecule has 0 fully saturated rings. The third-order valence-corrected chi connectivity index (χ3v) is 3.49. The number of carboxylic acids is 1. The van der Waals surface area contributed by atoms with E-state index in [-0.39, 0.29) is 29.2 Å². The molecule has 0 heterocycles. The van der Waals surface area contributed by atoms with Gasteiger partial charge in [-0.25, -0.2) is 0 Å². The van der Waals surface area contributed by atoms with Crippen LogP contribution < -0.4 is 10.1 Å². The SMILES string of the molecule is COc1cc(CNC(C(=O)O)c2cccc(O)c2)cc(C(F)(F)F)c1. The number of hydrogen-bond donors (Lipinski definition) is 3. The zero-order valence-electron chi connectivity index (χ0n) is 13.2. The number of aromatic hydroxyl groups is 1. The number of benzene rings is 2. The monoisotopic (exact) mass is 355 g/mol. The summed E-state index contributed by atoms with van der Waals surface area (Å²) in [6.07, 6.45) is -4.54. The average Bonchev–Trinajstić information content (AvgIpc) is 2.53. The fourth-order valence-corrected chi connectivity index (χ4v) is 2.32. The molecule has 0 bridgehead atoms. The number of rotatable bonds is 6. The Bertz CT molecular complexity index is 762. The molecule has 5 nitrogen and oxygen atoms in total. The number of carboxylic acid groups (broad SMARTS) is 1. The van der Waals surface area contributed by atoms with Crippen molar-refractivity contribution >= 4 is 5.97 Å². The predicted molar refractivity (Wildman–Crippen MR) is 83.3 cm³/mol. The summed E-state index contributed by atoms with van der Waals surface area (Å²) in [4.78, 5) is 11.4. The number of ether oxygens (including phenoxy) is 1. The van der Waals surface area contributed by atoms with Crippen LogP contribution in [0.3, 0.4) is 0 Å². The van der Waals surface area contributed by atoms with E-state index in [1.165, 1.54) is 37.4 Å². The molecule has 1 unspecified atom stereocenters. The molecule has 0 spiro atoms. The number of methoxy groups -OCH3 is 1. The van der Waals surface area contributed by atoms with E-state index in [4.69, 9.17) is 4.74 Å². The van der Waals surface area contributed by atoms with Crippen LogP contribution in [0, 0.1) is 0 Å². The second kappa shape index (κ2) is 7.43. The normalized spacial score (nSPS) is 12.6. The summed E-state index contributed by atoms with van der Waals surface area (Å²) in [5.41, 5.74) is -0.377. The van der Waals surface area contributed by atoms with Crippen LogP contribution in [-0.4, -0.2) is 23.3 Å². The second-order valence-electron chi connectivity index (χ2n) is 5.31. The molecule has 1 atom stereocenters. The van der Waals surface area contributed by atoms with E-state index in [9.17, 15) is 28.2 Å². The summed E-state index contributed by atoms with van der Waals surface area (Å²) in [6.45, 7) is -0.132. The Morgan fingerprint density at radius 1 is 1.24 bits per heavy atom. The molecule has 2 aromatic rings. The molecule has 2 aromatic carbocycles. The zero-order valence-corrected chi connectivity index (χ0v) is 13.2. The summed E-state index contributed by atoms with van der Waals surface area (Å²) < 4.78 is 43.6. The highest BCUT2D eigenvalue weighted by molar-refractivity contribution is 5.75. The lowest BCUT2D eigenvalue weighted by Gasteiger charge is -2.17. The Balaban J connectivity index is 2.24. The number of alkyl halides is 3. The van der Waals surface area contributed by atoms with Gasteiger partial charge in [-0.15, -0.1) is 0 Å². The molecule has 0 aliphatic carbocycles. The van der Waals surface area contributed by atoms with E-state index in [0.717, 1.165) is 12.1 Å². The summed E-state index contributed by atoms with van der Waals surface area (Å²) in [5.74, 6) is -1.30. The van der Waals surface area contributed by atoms with Crippen LogP contribution in [-0.2, 0) is 17.5 Å². The van der Waals surface area contributed by atoms with Crippen LogP contribution in [0.25, 0.3) is 0 Å². The molecule has 134 valence electrons. The van der Waals surface area contributed by atoms with Gasteiger partial charge in [-0.3, -0.25) is 10.1 Å². The lowest BCUT2D eigenvalue weighted by molar-refractivity contribution is -0.140. The van der Waals surface area contributed by atoms with E-state index < -0.39 is 23.8 Å². The molecule has 0 aliphatic heterocycles. The molecule has 0 saturated heterocycles. The smallest absolute Gasteiger partial charge is 0.416 e. The van der Waals surface area contributed by atoms with Crippen LogP contribution in [0.5, 0.6) is 11.5 Å². The molecular weight excluding hydrogens is 339 g/mol. The molecule has 0 saturated carbocycles. The van der Waals surface area contributed by atoms with Gasteiger partial charge >= 0.3 is 12.1 Å². The second-order valence-corrected chi connectivity index (χ2v) is 5.31. The van der Waals surface area contributed by atoms with Crippen molar-refractivity contribution in [3.63, 3.8) is 0 Å². The molecule has 0 aromatic heterocycles. The van der Waals surface area contributed by atoms with Gasteiger partial charge in [0.25, 0.3) is 0 Å². The molecule has 0 aliphatic rings. The van der Waals surface area contributed by atoms with E-state index in [0.29, 0.717) is 0 Å². The molecule has 3 N–H and O–H groups in total. The van der Waals surface area contributed by atoms with Crippen molar-refractivity contribution in [3.8, 4) is 11.5 Å². The van der Waals surface area contributed by atoms with Crippen molar-refractivity contribution in [2.45, 2.75) is 18.8 Å². The molecule has 25 heavy (non-hydrogen) atoms. The van der Waals surface area contributed by atoms with E-state index in [2.05, 4.69) is 5.32 Å². The summed E-state index contributed by atoms with van der Waals surface area (Å²) in [6, 6.07) is 7.65. The van der Waals surface area contributed by atoms with Crippen LogP contribution in [0.4, 0.5) is 13.2 Å². The van der Waals surface area contributed by atoms with Gasteiger partial charge < -0.3 is 14.9 Å². The van der Waals surface area contributed by atoms with Crippen molar-refractivity contribution in [2.75, 3.05) is 7.11 Å². The average molecular weight is 355 g/mol. The number of nitrogens with one attached hydrogen (secondary N) is 1. The van der Waals surface area contributed by atoms with E-state index in [1.807, 2.05) is 0 Å².